The van der Waals surface area contributed by atoms with Crippen molar-refractivity contribution >= 4 is 5.91 Å². The Morgan fingerprint density at radius 3 is 2.73 bits per heavy atom. The minimum atomic E-state index is 0.0622. The molecule has 0 atom stereocenters. The Morgan fingerprint density at radius 1 is 1.55 bits per heavy atom. The van der Waals surface area contributed by atoms with E-state index >= 15 is 0 Å². The third kappa shape index (κ3) is 2.08. The average Bonchev–Trinajstić information content (AvgIpc) is 2.07. The minimum Gasteiger partial charge on any atom is -0.295 e. The standard InChI is InChI=1S/C9H11NO/c1-2-6-9(11)10-7-4-3-5-8-10/h2,4-5,7-8H,1,3,6H2. The van der Waals surface area contributed by atoms with Crippen LogP contribution in [0.5, 0.6) is 0 Å². The van der Waals surface area contributed by atoms with Gasteiger partial charge < -0.3 is 0 Å². The summed E-state index contributed by atoms with van der Waals surface area (Å²) in [5.41, 5.74) is 0. The van der Waals surface area contributed by atoms with Crippen molar-refractivity contribution in [3.05, 3.63) is 37.2 Å². The van der Waals surface area contributed by atoms with Gasteiger partial charge in [-0.3, -0.25) is 9.69 Å². The van der Waals surface area contributed by atoms with E-state index in [2.05, 4.69) is 6.58 Å². The third-order valence-electron chi connectivity index (χ3n) is 1.41. The molecule has 2 heteroatoms. The van der Waals surface area contributed by atoms with E-state index in [-0.39, 0.29) is 5.91 Å². The molecule has 0 aromatic rings. The predicted molar refractivity (Wildman–Crippen MR) is 44.6 cm³/mol. The second-order valence-corrected chi connectivity index (χ2v) is 2.30. The number of hydrogen-bond donors (Lipinski definition) is 0. The Balaban J connectivity index is 2.52. The molecule has 11 heavy (non-hydrogen) atoms. The summed E-state index contributed by atoms with van der Waals surface area (Å²) in [5, 5.41) is 0. The number of hydrogen-bond acceptors (Lipinski definition) is 1. The monoisotopic (exact) mass is 149 g/mol. The Labute approximate surface area is 66.5 Å². The van der Waals surface area contributed by atoms with Crippen LogP contribution in [-0.4, -0.2) is 10.8 Å². The highest BCUT2D eigenvalue weighted by Gasteiger charge is 2.05. The predicted octanol–water partition coefficient (Wildman–Crippen LogP) is 1.82. The summed E-state index contributed by atoms with van der Waals surface area (Å²) in [4.78, 5) is 12.7. The number of amides is 1. The lowest BCUT2D eigenvalue weighted by molar-refractivity contribution is -0.125. The summed E-state index contributed by atoms with van der Waals surface area (Å²) in [6.07, 6.45) is 10.4. The molecule has 0 aromatic heterocycles. The summed E-state index contributed by atoms with van der Waals surface area (Å²) in [6.45, 7) is 3.50. The molecule has 1 heterocycles. The molecule has 2 nitrogen and oxygen atoms in total. The summed E-state index contributed by atoms with van der Waals surface area (Å²) in [6, 6.07) is 0. The normalized spacial score (nSPS) is 15.1. The first-order chi connectivity index (χ1) is 5.34. The van der Waals surface area contributed by atoms with Crippen molar-refractivity contribution in [3.8, 4) is 0 Å². The largest absolute Gasteiger partial charge is 0.295 e. The first-order valence-electron chi connectivity index (χ1n) is 3.60. The maximum Gasteiger partial charge on any atom is 0.234 e. The topological polar surface area (TPSA) is 20.3 Å². The molecule has 0 N–H and O–H groups in total. The molecule has 0 saturated heterocycles. The van der Waals surface area contributed by atoms with E-state index in [0.717, 1.165) is 6.42 Å². The lowest BCUT2D eigenvalue weighted by Gasteiger charge is -2.14. The molecule has 1 rings (SSSR count). The van der Waals surface area contributed by atoms with Crippen LogP contribution in [-0.2, 0) is 4.79 Å². The van der Waals surface area contributed by atoms with Gasteiger partial charge in [0.15, 0.2) is 0 Å². The Morgan fingerprint density at radius 2 is 2.18 bits per heavy atom. The van der Waals surface area contributed by atoms with Gasteiger partial charge >= 0.3 is 0 Å². The van der Waals surface area contributed by atoms with E-state index < -0.39 is 0 Å². The molecule has 58 valence electrons. The molecule has 0 fully saturated rings. The van der Waals surface area contributed by atoms with Gasteiger partial charge in [0.05, 0.1) is 0 Å². The van der Waals surface area contributed by atoms with Gasteiger partial charge in [-0.05, 0) is 6.42 Å². The molecule has 0 spiro atoms. The van der Waals surface area contributed by atoms with E-state index in [0.29, 0.717) is 6.42 Å². The zero-order valence-electron chi connectivity index (χ0n) is 6.36. The summed E-state index contributed by atoms with van der Waals surface area (Å²) >= 11 is 0. The quantitative estimate of drug-likeness (QED) is 0.548. The zero-order chi connectivity index (χ0) is 8.10. The van der Waals surface area contributed by atoms with Crippen LogP contribution >= 0.6 is 0 Å². The zero-order valence-corrected chi connectivity index (χ0v) is 6.36. The van der Waals surface area contributed by atoms with Gasteiger partial charge in [0.25, 0.3) is 0 Å². The maximum absolute atomic E-state index is 11.2. The Bertz CT molecular complexity index is 204. The van der Waals surface area contributed by atoms with Gasteiger partial charge in [-0.15, -0.1) is 6.58 Å². The van der Waals surface area contributed by atoms with Crippen LogP contribution in [0.3, 0.4) is 0 Å². The van der Waals surface area contributed by atoms with Crippen LogP contribution in [0.1, 0.15) is 12.8 Å². The second kappa shape index (κ2) is 3.76. The first-order valence-corrected chi connectivity index (χ1v) is 3.60. The number of rotatable bonds is 2. The van der Waals surface area contributed by atoms with Crippen molar-refractivity contribution in [2.45, 2.75) is 12.8 Å². The summed E-state index contributed by atoms with van der Waals surface area (Å²) in [7, 11) is 0. The van der Waals surface area contributed by atoms with Gasteiger partial charge in [-0.1, -0.05) is 18.2 Å². The summed E-state index contributed by atoms with van der Waals surface area (Å²) in [5.74, 6) is 0.0622. The van der Waals surface area contributed by atoms with Crippen LogP contribution < -0.4 is 0 Å². The fourth-order valence-corrected chi connectivity index (χ4v) is 0.872. The van der Waals surface area contributed by atoms with Crippen molar-refractivity contribution in [3.63, 3.8) is 0 Å². The van der Waals surface area contributed by atoms with Crippen LogP contribution in [0, 0.1) is 0 Å². The van der Waals surface area contributed by atoms with Gasteiger partial charge in [0, 0.05) is 18.8 Å². The van der Waals surface area contributed by atoms with E-state index in [1.54, 1.807) is 23.4 Å². The molecule has 0 radical (unpaired) electrons. The smallest absolute Gasteiger partial charge is 0.234 e. The average molecular weight is 149 g/mol. The summed E-state index contributed by atoms with van der Waals surface area (Å²) < 4.78 is 0. The van der Waals surface area contributed by atoms with Gasteiger partial charge in [-0.25, -0.2) is 0 Å². The number of carbonyl (C=O) groups excluding carboxylic acids is 1. The van der Waals surface area contributed by atoms with Crippen molar-refractivity contribution in [2.24, 2.45) is 0 Å². The Hall–Kier alpha value is -1.31. The molecular weight excluding hydrogens is 138 g/mol. The van der Waals surface area contributed by atoms with Crippen LogP contribution in [0.25, 0.3) is 0 Å². The van der Waals surface area contributed by atoms with Crippen molar-refractivity contribution < 1.29 is 4.79 Å². The lowest BCUT2D eigenvalue weighted by Crippen LogP contribution is -2.19. The van der Waals surface area contributed by atoms with E-state index in [1.165, 1.54) is 0 Å². The SMILES string of the molecule is C=CCC(=O)N1C=CCC=C1. The molecule has 0 aromatic carbocycles. The van der Waals surface area contributed by atoms with E-state index in [9.17, 15) is 4.79 Å². The second-order valence-electron chi connectivity index (χ2n) is 2.30. The van der Waals surface area contributed by atoms with Gasteiger partial charge in [0.2, 0.25) is 5.91 Å². The molecular formula is C9H11NO. The number of nitrogens with zero attached hydrogens (tertiary/aromatic N) is 1. The molecule has 1 amide bonds. The van der Waals surface area contributed by atoms with Crippen molar-refractivity contribution in [2.75, 3.05) is 0 Å². The minimum absolute atomic E-state index is 0.0622. The maximum atomic E-state index is 11.2. The van der Waals surface area contributed by atoms with Crippen LogP contribution in [0.15, 0.2) is 37.2 Å². The first kappa shape index (κ1) is 7.79. The third-order valence-corrected chi connectivity index (χ3v) is 1.41. The Kier molecular flexibility index (Phi) is 2.66. The van der Waals surface area contributed by atoms with Crippen molar-refractivity contribution in [1.29, 1.82) is 0 Å². The molecule has 1 aliphatic rings. The lowest BCUT2D eigenvalue weighted by atomic mass is 10.3. The molecule has 0 aliphatic carbocycles. The highest BCUT2D eigenvalue weighted by molar-refractivity contribution is 5.79. The highest BCUT2D eigenvalue weighted by atomic mass is 16.2. The van der Waals surface area contributed by atoms with E-state index in [1.807, 2.05) is 12.2 Å². The highest BCUT2D eigenvalue weighted by Crippen LogP contribution is 2.04. The fraction of sp³-hybridized carbons (Fsp3) is 0.222. The van der Waals surface area contributed by atoms with E-state index in [4.69, 9.17) is 0 Å². The van der Waals surface area contributed by atoms with Crippen LogP contribution in [0.2, 0.25) is 0 Å². The number of carbonyl (C=O) groups is 1. The van der Waals surface area contributed by atoms with Gasteiger partial charge in [-0.2, -0.15) is 0 Å². The van der Waals surface area contributed by atoms with Crippen LogP contribution in [0.4, 0.5) is 0 Å². The molecule has 1 aliphatic heterocycles. The molecule has 0 unspecified atom stereocenters. The van der Waals surface area contributed by atoms with Crippen molar-refractivity contribution in [1.82, 2.24) is 4.90 Å². The molecule has 0 saturated carbocycles. The number of allylic oxidation sites excluding steroid dienone is 2. The molecule has 0 bridgehead atoms. The fourth-order valence-electron chi connectivity index (χ4n) is 0.872. The van der Waals surface area contributed by atoms with Gasteiger partial charge in [0.1, 0.15) is 0 Å².